The van der Waals surface area contributed by atoms with Gasteiger partial charge in [0.25, 0.3) is 0 Å². The molecule has 1 unspecified atom stereocenters. The zero-order chi connectivity index (χ0) is 17.8. The highest BCUT2D eigenvalue weighted by Crippen LogP contribution is 2.36. The van der Waals surface area contributed by atoms with Gasteiger partial charge in [-0.15, -0.1) is 0 Å². The number of likely N-dealkylation sites (N-methyl/N-ethyl adjacent to an activating group) is 1. The molecule has 0 fully saturated rings. The Bertz CT molecular complexity index is 846. The lowest BCUT2D eigenvalue weighted by atomic mass is 10.1. The SMILES string of the molecule is CN(C)C(=O)C(Sc1nc(-c2ccccc2)cn1N)c1ccccc1. The minimum atomic E-state index is -0.399. The molecular weight excluding hydrogens is 332 g/mol. The fraction of sp³-hybridized carbons (Fsp3) is 0.158. The van der Waals surface area contributed by atoms with Gasteiger partial charge in [-0.05, 0) is 5.56 Å². The number of amides is 1. The lowest BCUT2D eigenvalue weighted by molar-refractivity contribution is -0.128. The molecule has 5 nitrogen and oxygen atoms in total. The zero-order valence-electron chi connectivity index (χ0n) is 14.2. The molecule has 2 aromatic carbocycles. The van der Waals surface area contributed by atoms with E-state index in [1.807, 2.05) is 60.7 Å². The molecule has 0 saturated carbocycles. The van der Waals surface area contributed by atoms with Crippen molar-refractivity contribution in [3.63, 3.8) is 0 Å². The van der Waals surface area contributed by atoms with E-state index in [1.54, 1.807) is 25.2 Å². The number of nitrogens with two attached hydrogens (primary N) is 1. The third-order valence-corrected chi connectivity index (χ3v) is 4.98. The van der Waals surface area contributed by atoms with Crippen molar-refractivity contribution in [2.24, 2.45) is 0 Å². The lowest BCUT2D eigenvalue weighted by Gasteiger charge is -2.20. The Labute approximate surface area is 151 Å². The van der Waals surface area contributed by atoms with Crippen LogP contribution in [0.2, 0.25) is 0 Å². The van der Waals surface area contributed by atoms with Crippen molar-refractivity contribution >= 4 is 17.7 Å². The minimum absolute atomic E-state index is 0.000427. The number of hydrogen-bond donors (Lipinski definition) is 1. The van der Waals surface area contributed by atoms with E-state index in [2.05, 4.69) is 4.98 Å². The second-order valence-electron chi connectivity index (χ2n) is 5.82. The molecule has 1 amide bonds. The Balaban J connectivity index is 1.92. The lowest BCUT2D eigenvalue weighted by Crippen LogP contribution is -2.27. The maximum Gasteiger partial charge on any atom is 0.240 e. The monoisotopic (exact) mass is 352 g/mol. The van der Waals surface area contributed by atoms with Crippen LogP contribution in [0.4, 0.5) is 0 Å². The summed E-state index contributed by atoms with van der Waals surface area (Å²) >= 11 is 1.36. The zero-order valence-corrected chi connectivity index (χ0v) is 15.0. The van der Waals surface area contributed by atoms with E-state index in [0.717, 1.165) is 16.8 Å². The van der Waals surface area contributed by atoms with Crippen molar-refractivity contribution in [3.8, 4) is 11.3 Å². The predicted molar refractivity (Wildman–Crippen MR) is 102 cm³/mol. The number of nitrogen functional groups attached to an aromatic ring is 1. The number of aromatic nitrogens is 2. The first-order chi connectivity index (χ1) is 12.1. The highest BCUT2D eigenvalue weighted by molar-refractivity contribution is 8.00. The van der Waals surface area contributed by atoms with Gasteiger partial charge in [0, 0.05) is 19.7 Å². The molecule has 1 atom stereocenters. The molecule has 1 heterocycles. The number of imidazole rings is 1. The van der Waals surface area contributed by atoms with Gasteiger partial charge in [-0.2, -0.15) is 0 Å². The first-order valence-corrected chi connectivity index (χ1v) is 8.77. The van der Waals surface area contributed by atoms with Crippen molar-refractivity contribution < 1.29 is 4.79 Å². The second-order valence-corrected chi connectivity index (χ2v) is 6.90. The van der Waals surface area contributed by atoms with E-state index in [9.17, 15) is 4.79 Å². The van der Waals surface area contributed by atoms with Gasteiger partial charge in [-0.3, -0.25) is 4.79 Å². The third-order valence-electron chi connectivity index (χ3n) is 3.76. The topological polar surface area (TPSA) is 64.2 Å². The fourth-order valence-electron chi connectivity index (χ4n) is 2.44. The smallest absolute Gasteiger partial charge is 0.240 e. The standard InChI is InChI=1S/C19H20N4OS/c1-22(2)18(24)17(15-11-7-4-8-12-15)25-19-21-16(13-23(19)20)14-9-5-3-6-10-14/h3-13,17H,20H2,1-2H3. The van der Waals surface area contributed by atoms with Gasteiger partial charge in [-0.1, -0.05) is 72.4 Å². The van der Waals surface area contributed by atoms with Gasteiger partial charge < -0.3 is 10.7 Å². The molecule has 0 spiro atoms. The van der Waals surface area contributed by atoms with Gasteiger partial charge in [0.15, 0.2) is 5.16 Å². The number of nitrogens with zero attached hydrogens (tertiary/aromatic N) is 3. The van der Waals surface area contributed by atoms with Crippen molar-refractivity contribution in [2.75, 3.05) is 19.9 Å². The summed E-state index contributed by atoms with van der Waals surface area (Å²) in [5.41, 5.74) is 2.70. The largest absolute Gasteiger partial charge is 0.348 e. The van der Waals surface area contributed by atoms with E-state index in [-0.39, 0.29) is 5.91 Å². The van der Waals surface area contributed by atoms with Gasteiger partial charge in [0.2, 0.25) is 5.91 Å². The highest BCUT2D eigenvalue weighted by Gasteiger charge is 2.25. The molecule has 0 aliphatic heterocycles. The Morgan fingerprint density at radius 3 is 2.28 bits per heavy atom. The number of carbonyl (C=O) groups excluding carboxylic acids is 1. The summed E-state index contributed by atoms with van der Waals surface area (Å²) in [6, 6.07) is 19.5. The summed E-state index contributed by atoms with van der Waals surface area (Å²) in [5.74, 6) is 6.09. The van der Waals surface area contributed by atoms with Gasteiger partial charge in [0.1, 0.15) is 5.25 Å². The molecule has 25 heavy (non-hydrogen) atoms. The van der Waals surface area contributed by atoms with Crippen LogP contribution >= 0.6 is 11.8 Å². The second kappa shape index (κ2) is 7.44. The van der Waals surface area contributed by atoms with Crippen LogP contribution in [0.3, 0.4) is 0 Å². The molecule has 2 N–H and O–H groups in total. The Morgan fingerprint density at radius 2 is 1.68 bits per heavy atom. The summed E-state index contributed by atoms with van der Waals surface area (Å²) in [6.45, 7) is 0. The van der Waals surface area contributed by atoms with Crippen LogP contribution < -0.4 is 5.84 Å². The Morgan fingerprint density at radius 1 is 1.08 bits per heavy atom. The average Bonchev–Trinajstić information content (AvgIpc) is 3.01. The molecule has 1 aromatic heterocycles. The van der Waals surface area contributed by atoms with Crippen LogP contribution in [0.25, 0.3) is 11.3 Å². The minimum Gasteiger partial charge on any atom is -0.348 e. The molecular formula is C19H20N4OS. The van der Waals surface area contributed by atoms with Crippen molar-refractivity contribution in [1.29, 1.82) is 0 Å². The van der Waals surface area contributed by atoms with Gasteiger partial charge in [0.05, 0.1) is 11.9 Å². The van der Waals surface area contributed by atoms with Crippen molar-refractivity contribution in [3.05, 3.63) is 72.4 Å². The average molecular weight is 352 g/mol. The van der Waals surface area contributed by atoms with Crippen LogP contribution in [0.15, 0.2) is 72.0 Å². The molecule has 3 rings (SSSR count). The van der Waals surface area contributed by atoms with Crippen molar-refractivity contribution in [1.82, 2.24) is 14.6 Å². The molecule has 3 aromatic rings. The summed E-state index contributed by atoms with van der Waals surface area (Å²) < 4.78 is 1.48. The summed E-state index contributed by atoms with van der Waals surface area (Å²) in [6.07, 6.45) is 1.78. The molecule has 0 saturated heterocycles. The first kappa shape index (κ1) is 17.1. The van der Waals surface area contributed by atoms with Gasteiger partial charge >= 0.3 is 0 Å². The first-order valence-electron chi connectivity index (χ1n) is 7.89. The summed E-state index contributed by atoms with van der Waals surface area (Å²) in [7, 11) is 3.51. The highest BCUT2D eigenvalue weighted by atomic mass is 32.2. The van der Waals surface area contributed by atoms with Gasteiger partial charge in [-0.25, -0.2) is 9.66 Å². The van der Waals surface area contributed by atoms with E-state index in [1.165, 1.54) is 16.4 Å². The fourth-order valence-corrected chi connectivity index (χ4v) is 3.58. The van der Waals surface area contributed by atoms with E-state index >= 15 is 0 Å². The van der Waals surface area contributed by atoms with E-state index < -0.39 is 5.25 Å². The molecule has 0 aliphatic rings. The third kappa shape index (κ3) is 3.85. The number of benzene rings is 2. The number of rotatable bonds is 5. The molecule has 6 heteroatoms. The van der Waals surface area contributed by atoms with Crippen LogP contribution in [-0.4, -0.2) is 34.6 Å². The van der Waals surface area contributed by atoms with Crippen molar-refractivity contribution in [2.45, 2.75) is 10.4 Å². The summed E-state index contributed by atoms with van der Waals surface area (Å²) in [5, 5.41) is 0.201. The molecule has 0 bridgehead atoms. The Kier molecular flexibility index (Phi) is 5.09. The maximum absolute atomic E-state index is 12.7. The summed E-state index contributed by atoms with van der Waals surface area (Å²) in [4.78, 5) is 18.9. The quantitative estimate of drug-likeness (QED) is 0.566. The normalized spacial score (nSPS) is 11.9. The molecule has 0 radical (unpaired) electrons. The molecule has 0 aliphatic carbocycles. The van der Waals surface area contributed by atoms with E-state index in [0.29, 0.717) is 5.16 Å². The Hall–Kier alpha value is -2.73. The predicted octanol–water partition coefficient (Wildman–Crippen LogP) is 3.19. The molecule has 128 valence electrons. The van der Waals surface area contributed by atoms with Crippen LogP contribution in [0.1, 0.15) is 10.8 Å². The number of hydrogen-bond acceptors (Lipinski definition) is 4. The number of carbonyl (C=O) groups is 1. The van der Waals surface area contributed by atoms with Crippen LogP contribution in [-0.2, 0) is 4.79 Å². The maximum atomic E-state index is 12.7. The van der Waals surface area contributed by atoms with Crippen LogP contribution in [0.5, 0.6) is 0 Å². The van der Waals surface area contributed by atoms with E-state index in [4.69, 9.17) is 5.84 Å². The van der Waals surface area contributed by atoms with Crippen LogP contribution in [0, 0.1) is 0 Å². The number of thioether (sulfide) groups is 1.